The number of carbonyl (C=O) groups excluding carboxylic acids is 5. The molecule has 31 heavy (non-hydrogen) atoms. The van der Waals surface area contributed by atoms with Crippen LogP contribution in [0.3, 0.4) is 0 Å². The number of benzene rings is 1. The Labute approximate surface area is 179 Å². The summed E-state index contributed by atoms with van der Waals surface area (Å²) < 4.78 is 4.72. The lowest BCUT2D eigenvalue weighted by Gasteiger charge is -2.29. The van der Waals surface area contributed by atoms with Crippen molar-refractivity contribution in [1.29, 1.82) is 0 Å². The minimum absolute atomic E-state index is 0.0255. The second-order valence-electron chi connectivity index (χ2n) is 6.93. The predicted octanol–water partition coefficient (Wildman–Crippen LogP) is -0.918. The van der Waals surface area contributed by atoms with E-state index in [1.165, 1.54) is 6.08 Å². The summed E-state index contributed by atoms with van der Waals surface area (Å²) in [6.45, 7) is 1.86. The maximum absolute atomic E-state index is 12.3. The monoisotopic (exact) mass is 430 g/mol. The molecule has 0 bridgehead atoms. The van der Waals surface area contributed by atoms with E-state index in [2.05, 4.69) is 16.0 Å². The lowest BCUT2D eigenvalue weighted by molar-refractivity contribution is -0.138. The molecule has 1 saturated heterocycles. The highest BCUT2D eigenvalue weighted by molar-refractivity contribution is 5.99. The number of carbonyl (C=O) groups is 5. The number of primary amides is 1. The summed E-state index contributed by atoms with van der Waals surface area (Å²) in [4.78, 5) is 59.8. The second-order valence-corrected chi connectivity index (χ2v) is 6.93. The molecule has 0 radical (unpaired) electrons. The minimum Gasteiger partial charge on any atom is -0.463 e. The molecule has 0 unspecified atom stereocenters. The normalized spacial score (nSPS) is 19.3. The van der Waals surface area contributed by atoms with Gasteiger partial charge in [0.15, 0.2) is 0 Å². The molecule has 1 heterocycles. The molecule has 5 N–H and O–H groups in total. The van der Waals surface area contributed by atoms with Gasteiger partial charge in [-0.3, -0.25) is 19.2 Å². The molecule has 1 fully saturated rings. The largest absolute Gasteiger partial charge is 0.463 e. The van der Waals surface area contributed by atoms with Crippen molar-refractivity contribution >= 4 is 29.6 Å². The fourth-order valence-electron chi connectivity index (χ4n) is 2.99. The van der Waals surface area contributed by atoms with Gasteiger partial charge in [-0.05, 0) is 18.9 Å². The molecule has 2 rings (SSSR count). The molecule has 10 heteroatoms. The molecule has 4 amide bonds. The first-order chi connectivity index (χ1) is 14.8. The van der Waals surface area contributed by atoms with Gasteiger partial charge in [0.25, 0.3) is 0 Å². The van der Waals surface area contributed by atoms with E-state index in [1.807, 2.05) is 30.3 Å². The molecule has 1 aliphatic rings. The van der Waals surface area contributed by atoms with Gasteiger partial charge in [0.1, 0.15) is 18.1 Å². The van der Waals surface area contributed by atoms with Crippen LogP contribution in [0.2, 0.25) is 0 Å². The molecule has 0 aromatic heterocycles. The highest BCUT2D eigenvalue weighted by atomic mass is 16.5. The van der Waals surface area contributed by atoms with Crippen molar-refractivity contribution in [3.05, 3.63) is 48.0 Å². The van der Waals surface area contributed by atoms with Gasteiger partial charge in [-0.2, -0.15) is 0 Å². The smallest absolute Gasteiger partial charge is 0.330 e. The molecule has 10 nitrogen and oxygen atoms in total. The lowest BCUT2D eigenvalue weighted by Crippen LogP contribution is -2.63. The number of hydrogen-bond acceptors (Lipinski definition) is 6. The number of nitrogens with one attached hydrogen (secondary N) is 3. The zero-order valence-electron chi connectivity index (χ0n) is 17.1. The van der Waals surface area contributed by atoms with Crippen LogP contribution in [0, 0.1) is 0 Å². The molecule has 166 valence electrons. The Morgan fingerprint density at radius 3 is 2.42 bits per heavy atom. The topological polar surface area (TPSA) is 157 Å². The number of esters is 1. The van der Waals surface area contributed by atoms with Crippen LogP contribution in [0.5, 0.6) is 0 Å². The SMILES string of the molecule is CCOC(=O)/C=C/C[C@H](NC(=O)C[C@@H]1NC(=O)[C@H](Cc2ccccc2)NC1=O)C(N)=O. The summed E-state index contributed by atoms with van der Waals surface area (Å²) >= 11 is 0. The van der Waals surface area contributed by atoms with Gasteiger partial charge in [0.05, 0.1) is 13.0 Å². The predicted molar refractivity (Wildman–Crippen MR) is 110 cm³/mol. The summed E-state index contributed by atoms with van der Waals surface area (Å²) in [6, 6.07) is 6.34. The number of hydrogen-bond donors (Lipinski definition) is 4. The number of nitrogens with two attached hydrogens (primary N) is 1. The van der Waals surface area contributed by atoms with E-state index in [1.54, 1.807) is 6.92 Å². The molecule has 3 atom stereocenters. The summed E-state index contributed by atoms with van der Waals surface area (Å²) in [5.41, 5.74) is 6.17. The van der Waals surface area contributed by atoms with Crippen molar-refractivity contribution in [2.45, 2.75) is 44.3 Å². The first-order valence-electron chi connectivity index (χ1n) is 9.86. The van der Waals surface area contributed by atoms with Crippen LogP contribution in [0.1, 0.15) is 25.3 Å². The maximum atomic E-state index is 12.3. The number of amides is 4. The minimum atomic E-state index is -1.08. The summed E-state index contributed by atoms with van der Waals surface area (Å²) in [5, 5.41) is 7.57. The molecule has 1 aromatic carbocycles. The second kappa shape index (κ2) is 11.5. The Balaban J connectivity index is 1.87. The third-order valence-electron chi connectivity index (χ3n) is 4.53. The van der Waals surface area contributed by atoms with E-state index in [9.17, 15) is 24.0 Å². The van der Waals surface area contributed by atoms with Crippen molar-refractivity contribution in [2.24, 2.45) is 5.73 Å². The van der Waals surface area contributed by atoms with Crippen LogP contribution >= 0.6 is 0 Å². The molecule has 1 aliphatic heterocycles. The average molecular weight is 430 g/mol. The standard InChI is InChI=1S/C21H26N4O6/c1-2-31-18(27)10-6-9-14(19(22)28)23-17(26)12-16-21(30)24-15(20(29)25-16)11-13-7-4-3-5-8-13/h3-8,10,14-16H,2,9,11-12H2,1H3,(H2,22,28)(H,23,26)(H,24,30)(H,25,29)/b10-6+/t14-,15-,16-/m0/s1. The van der Waals surface area contributed by atoms with Crippen molar-refractivity contribution in [2.75, 3.05) is 6.61 Å². The van der Waals surface area contributed by atoms with Crippen LogP contribution in [0.4, 0.5) is 0 Å². The van der Waals surface area contributed by atoms with Crippen LogP contribution in [0.25, 0.3) is 0 Å². The Morgan fingerprint density at radius 2 is 1.77 bits per heavy atom. The van der Waals surface area contributed by atoms with Gasteiger partial charge >= 0.3 is 5.97 Å². The highest BCUT2D eigenvalue weighted by Gasteiger charge is 2.35. The number of ether oxygens (including phenoxy) is 1. The summed E-state index contributed by atoms with van der Waals surface area (Å²) in [5.74, 6) is -2.92. The molecule has 0 saturated carbocycles. The van der Waals surface area contributed by atoms with Gasteiger partial charge in [-0.15, -0.1) is 0 Å². The first-order valence-corrected chi connectivity index (χ1v) is 9.86. The van der Waals surface area contributed by atoms with E-state index in [0.717, 1.165) is 11.6 Å². The van der Waals surface area contributed by atoms with Crippen molar-refractivity contribution < 1.29 is 28.7 Å². The molecule has 0 aliphatic carbocycles. The molecule has 0 spiro atoms. The molecule has 1 aromatic rings. The maximum Gasteiger partial charge on any atom is 0.330 e. The fraction of sp³-hybridized carbons (Fsp3) is 0.381. The van der Waals surface area contributed by atoms with Crippen molar-refractivity contribution in [3.63, 3.8) is 0 Å². The van der Waals surface area contributed by atoms with Gasteiger partial charge in [0.2, 0.25) is 23.6 Å². The Kier molecular flexibility index (Phi) is 8.74. The quantitative estimate of drug-likeness (QED) is 0.278. The molecular weight excluding hydrogens is 404 g/mol. The van der Waals surface area contributed by atoms with Crippen molar-refractivity contribution in [3.8, 4) is 0 Å². The van der Waals surface area contributed by atoms with Crippen LogP contribution in [-0.2, 0) is 35.1 Å². The first kappa shape index (κ1) is 23.6. The lowest BCUT2D eigenvalue weighted by atomic mass is 10.0. The van der Waals surface area contributed by atoms with E-state index >= 15 is 0 Å². The third-order valence-corrected chi connectivity index (χ3v) is 4.53. The van der Waals surface area contributed by atoms with Crippen LogP contribution < -0.4 is 21.7 Å². The van der Waals surface area contributed by atoms with Crippen LogP contribution in [0.15, 0.2) is 42.5 Å². The number of piperazine rings is 1. The van der Waals surface area contributed by atoms with E-state index in [-0.39, 0.29) is 19.4 Å². The van der Waals surface area contributed by atoms with Crippen molar-refractivity contribution in [1.82, 2.24) is 16.0 Å². The number of rotatable bonds is 10. The fourth-order valence-corrected chi connectivity index (χ4v) is 2.99. The summed E-state index contributed by atoms with van der Waals surface area (Å²) in [7, 11) is 0. The summed E-state index contributed by atoms with van der Waals surface area (Å²) in [6.07, 6.45) is 2.43. The van der Waals surface area contributed by atoms with Gasteiger partial charge < -0.3 is 26.4 Å². The average Bonchev–Trinajstić information content (AvgIpc) is 2.72. The Hall–Kier alpha value is -3.69. The van der Waals surface area contributed by atoms with Crippen LogP contribution in [-0.4, -0.2) is 54.3 Å². The zero-order valence-corrected chi connectivity index (χ0v) is 17.1. The van der Waals surface area contributed by atoms with E-state index in [0.29, 0.717) is 6.42 Å². The third kappa shape index (κ3) is 7.57. The highest BCUT2D eigenvalue weighted by Crippen LogP contribution is 2.09. The van der Waals surface area contributed by atoms with Gasteiger partial charge in [-0.1, -0.05) is 36.4 Å². The molecular formula is C21H26N4O6. The Bertz CT molecular complexity index is 855. The zero-order chi connectivity index (χ0) is 22.8. The Morgan fingerprint density at radius 1 is 1.13 bits per heavy atom. The van der Waals surface area contributed by atoms with Gasteiger partial charge in [-0.25, -0.2) is 4.79 Å². The van der Waals surface area contributed by atoms with E-state index < -0.39 is 47.7 Å². The van der Waals surface area contributed by atoms with E-state index in [4.69, 9.17) is 10.5 Å². The van der Waals surface area contributed by atoms with Gasteiger partial charge in [0, 0.05) is 12.5 Å².